The predicted octanol–water partition coefficient (Wildman–Crippen LogP) is 2.56. The van der Waals surface area contributed by atoms with Crippen molar-refractivity contribution in [3.05, 3.63) is 30.6 Å². The number of aromatic nitrogens is 4. The Kier molecular flexibility index (Phi) is 5.54. The van der Waals surface area contributed by atoms with Crippen LogP contribution in [0.4, 0.5) is 11.6 Å². The lowest BCUT2D eigenvalue weighted by atomic mass is 10.3. The smallest absolute Gasteiger partial charge is 0.132 e. The first-order valence-corrected chi connectivity index (χ1v) is 7.55. The summed E-state index contributed by atoms with van der Waals surface area (Å²) in [5.41, 5.74) is 0. The Bertz CT molecular complexity index is 537. The van der Waals surface area contributed by atoms with Crippen LogP contribution in [0.25, 0.3) is 0 Å². The monoisotopic (exact) mass is 288 g/mol. The average Bonchev–Trinajstić information content (AvgIpc) is 2.97. The molecule has 0 aromatic carbocycles. The van der Waals surface area contributed by atoms with E-state index in [-0.39, 0.29) is 6.04 Å². The maximum Gasteiger partial charge on any atom is 0.132 e. The van der Waals surface area contributed by atoms with Crippen molar-refractivity contribution < 1.29 is 0 Å². The van der Waals surface area contributed by atoms with Crippen LogP contribution in [-0.2, 0) is 13.0 Å². The van der Waals surface area contributed by atoms with Crippen molar-refractivity contribution in [1.82, 2.24) is 19.5 Å². The van der Waals surface area contributed by atoms with Crippen LogP contribution in [-0.4, -0.2) is 32.1 Å². The zero-order valence-corrected chi connectivity index (χ0v) is 13.0. The van der Waals surface area contributed by atoms with E-state index in [1.807, 2.05) is 18.6 Å². The molecule has 2 heterocycles. The Balaban J connectivity index is 2.03. The summed E-state index contributed by atoms with van der Waals surface area (Å²) < 4.78 is 2.05. The standard InChI is InChI=1S/C15H24N6/c1-4-6-17-14-9-15(20-13(5-2)19-14)18-12(3)10-21-8-7-16-11-21/h7-9,11-12H,4-6,10H2,1-3H3,(H2,17,18,19,20). The maximum absolute atomic E-state index is 4.54. The third-order valence-corrected chi connectivity index (χ3v) is 3.08. The van der Waals surface area contributed by atoms with Gasteiger partial charge >= 0.3 is 0 Å². The van der Waals surface area contributed by atoms with E-state index in [0.717, 1.165) is 43.4 Å². The lowest BCUT2D eigenvalue weighted by Gasteiger charge is -2.16. The van der Waals surface area contributed by atoms with Gasteiger partial charge in [0.05, 0.1) is 6.33 Å². The van der Waals surface area contributed by atoms with Crippen LogP contribution in [0.3, 0.4) is 0 Å². The van der Waals surface area contributed by atoms with Gasteiger partial charge in [0.2, 0.25) is 0 Å². The van der Waals surface area contributed by atoms with Crippen LogP contribution in [0.5, 0.6) is 0 Å². The first-order chi connectivity index (χ1) is 10.2. The number of rotatable bonds is 8. The molecule has 1 unspecified atom stereocenters. The molecular weight excluding hydrogens is 264 g/mol. The molecule has 0 saturated heterocycles. The first-order valence-electron chi connectivity index (χ1n) is 7.55. The topological polar surface area (TPSA) is 67.7 Å². The lowest BCUT2D eigenvalue weighted by Crippen LogP contribution is -2.22. The van der Waals surface area contributed by atoms with Crippen LogP contribution >= 0.6 is 0 Å². The van der Waals surface area contributed by atoms with Crippen molar-refractivity contribution >= 4 is 11.6 Å². The molecule has 0 saturated carbocycles. The lowest BCUT2D eigenvalue weighted by molar-refractivity contribution is 0.616. The van der Waals surface area contributed by atoms with E-state index >= 15 is 0 Å². The maximum atomic E-state index is 4.54. The van der Waals surface area contributed by atoms with E-state index in [2.05, 4.69) is 50.9 Å². The van der Waals surface area contributed by atoms with Crippen molar-refractivity contribution in [3.63, 3.8) is 0 Å². The summed E-state index contributed by atoms with van der Waals surface area (Å²) in [6.45, 7) is 8.11. The summed E-state index contributed by atoms with van der Waals surface area (Å²) in [5, 5.41) is 6.75. The van der Waals surface area contributed by atoms with E-state index in [0.29, 0.717) is 0 Å². The van der Waals surface area contributed by atoms with Gasteiger partial charge in [-0.15, -0.1) is 0 Å². The molecule has 0 aliphatic carbocycles. The molecule has 1 atom stereocenters. The zero-order valence-electron chi connectivity index (χ0n) is 13.0. The van der Waals surface area contributed by atoms with Crippen LogP contribution in [0, 0.1) is 0 Å². The summed E-state index contributed by atoms with van der Waals surface area (Å²) in [4.78, 5) is 13.1. The summed E-state index contributed by atoms with van der Waals surface area (Å²) >= 11 is 0. The van der Waals surface area contributed by atoms with Gasteiger partial charge in [-0.2, -0.15) is 0 Å². The minimum Gasteiger partial charge on any atom is -0.370 e. The Morgan fingerprint density at radius 2 is 2.05 bits per heavy atom. The third kappa shape index (κ3) is 4.73. The minimum absolute atomic E-state index is 0.262. The van der Waals surface area contributed by atoms with Crippen molar-refractivity contribution in [2.24, 2.45) is 0 Å². The second kappa shape index (κ2) is 7.61. The second-order valence-electron chi connectivity index (χ2n) is 5.14. The number of aryl methyl sites for hydroxylation is 1. The number of imidazole rings is 1. The van der Waals surface area contributed by atoms with Crippen molar-refractivity contribution in [2.45, 2.75) is 46.2 Å². The van der Waals surface area contributed by atoms with Gasteiger partial charge in [0, 0.05) is 44.0 Å². The van der Waals surface area contributed by atoms with Crippen LogP contribution in [0.2, 0.25) is 0 Å². The number of anilines is 2. The molecule has 0 radical (unpaired) electrons. The molecule has 0 aliphatic heterocycles. The van der Waals surface area contributed by atoms with Crippen molar-refractivity contribution in [1.29, 1.82) is 0 Å². The van der Waals surface area contributed by atoms with Crippen LogP contribution < -0.4 is 10.6 Å². The van der Waals surface area contributed by atoms with Crippen LogP contribution in [0.15, 0.2) is 24.8 Å². The fourth-order valence-electron chi connectivity index (χ4n) is 2.08. The zero-order chi connectivity index (χ0) is 15.1. The molecule has 0 amide bonds. The highest BCUT2D eigenvalue weighted by molar-refractivity contribution is 5.48. The van der Waals surface area contributed by atoms with E-state index in [9.17, 15) is 0 Å². The highest BCUT2D eigenvalue weighted by Gasteiger charge is 2.07. The normalized spacial score (nSPS) is 12.1. The Morgan fingerprint density at radius 3 is 2.71 bits per heavy atom. The van der Waals surface area contributed by atoms with Gasteiger partial charge in [-0.05, 0) is 13.3 Å². The van der Waals surface area contributed by atoms with Gasteiger partial charge in [0.15, 0.2) is 0 Å². The predicted molar refractivity (Wildman–Crippen MR) is 85.5 cm³/mol. The van der Waals surface area contributed by atoms with E-state index in [1.54, 1.807) is 6.20 Å². The van der Waals surface area contributed by atoms with Crippen molar-refractivity contribution in [3.8, 4) is 0 Å². The molecule has 2 rings (SSSR count). The average molecular weight is 288 g/mol. The fourth-order valence-corrected chi connectivity index (χ4v) is 2.08. The number of hydrogen-bond donors (Lipinski definition) is 2. The summed E-state index contributed by atoms with van der Waals surface area (Å²) in [7, 11) is 0. The molecule has 0 bridgehead atoms. The molecule has 2 aromatic heterocycles. The molecule has 6 nitrogen and oxygen atoms in total. The molecule has 21 heavy (non-hydrogen) atoms. The van der Waals surface area contributed by atoms with Gasteiger partial charge in [-0.1, -0.05) is 13.8 Å². The van der Waals surface area contributed by atoms with Gasteiger partial charge < -0.3 is 15.2 Å². The molecular formula is C15H24N6. The molecule has 6 heteroatoms. The van der Waals surface area contributed by atoms with Crippen molar-refractivity contribution in [2.75, 3.05) is 17.2 Å². The third-order valence-electron chi connectivity index (χ3n) is 3.08. The molecule has 0 spiro atoms. The number of hydrogen-bond acceptors (Lipinski definition) is 5. The Morgan fingerprint density at radius 1 is 1.24 bits per heavy atom. The summed E-state index contributed by atoms with van der Waals surface area (Å²) in [5.74, 6) is 2.61. The molecule has 0 aliphatic rings. The first kappa shape index (κ1) is 15.3. The molecule has 2 N–H and O–H groups in total. The number of nitrogens with zero attached hydrogens (tertiary/aromatic N) is 4. The van der Waals surface area contributed by atoms with Gasteiger partial charge in [-0.25, -0.2) is 15.0 Å². The largest absolute Gasteiger partial charge is 0.370 e. The summed E-state index contributed by atoms with van der Waals surface area (Å²) in [6, 6.07) is 2.23. The van der Waals surface area contributed by atoms with Crippen LogP contribution in [0.1, 0.15) is 33.0 Å². The highest BCUT2D eigenvalue weighted by atomic mass is 15.1. The summed E-state index contributed by atoms with van der Waals surface area (Å²) in [6.07, 6.45) is 7.48. The van der Waals surface area contributed by atoms with E-state index < -0.39 is 0 Å². The Labute approximate surface area is 126 Å². The second-order valence-corrected chi connectivity index (χ2v) is 5.14. The quantitative estimate of drug-likeness (QED) is 0.781. The SMILES string of the molecule is CCCNc1cc(NC(C)Cn2ccnc2)nc(CC)n1. The molecule has 0 fully saturated rings. The van der Waals surface area contributed by atoms with E-state index in [4.69, 9.17) is 0 Å². The van der Waals surface area contributed by atoms with Gasteiger partial charge in [-0.3, -0.25) is 0 Å². The number of nitrogens with one attached hydrogen (secondary N) is 2. The molecule has 2 aromatic rings. The van der Waals surface area contributed by atoms with E-state index in [1.165, 1.54) is 0 Å². The minimum atomic E-state index is 0.262. The van der Waals surface area contributed by atoms with Gasteiger partial charge in [0.1, 0.15) is 17.5 Å². The fraction of sp³-hybridized carbons (Fsp3) is 0.533. The molecule has 114 valence electrons. The Hall–Kier alpha value is -2.11. The highest BCUT2D eigenvalue weighted by Crippen LogP contribution is 2.13. The van der Waals surface area contributed by atoms with Gasteiger partial charge in [0.25, 0.3) is 0 Å².